The zero-order valence-corrected chi connectivity index (χ0v) is 11.5. The van der Waals surface area contributed by atoms with E-state index in [1.807, 2.05) is 48.5 Å². The van der Waals surface area contributed by atoms with Gasteiger partial charge >= 0.3 is 0 Å². The summed E-state index contributed by atoms with van der Waals surface area (Å²) in [6.07, 6.45) is 1.42. The van der Waals surface area contributed by atoms with Crippen molar-refractivity contribution >= 4 is 19.8 Å². The lowest BCUT2D eigenvalue weighted by atomic mass is 9.88. The molecular weight excluding hydrogens is 255 g/mol. The smallest absolute Gasteiger partial charge is 0.155 e. The molecule has 0 saturated carbocycles. The van der Waals surface area contributed by atoms with Gasteiger partial charge < -0.3 is 11.5 Å². The van der Waals surface area contributed by atoms with Gasteiger partial charge in [-0.3, -0.25) is 4.57 Å². The van der Waals surface area contributed by atoms with Gasteiger partial charge in [0.1, 0.15) is 0 Å². The van der Waals surface area contributed by atoms with Crippen molar-refractivity contribution in [1.82, 2.24) is 0 Å². The van der Waals surface area contributed by atoms with Gasteiger partial charge in [-0.1, -0.05) is 24.3 Å². The van der Waals surface area contributed by atoms with E-state index in [4.69, 9.17) is 11.5 Å². The molecule has 0 fully saturated rings. The van der Waals surface area contributed by atoms with Crippen molar-refractivity contribution in [3.63, 3.8) is 0 Å². The number of nitrogens with two attached hydrogens (primary N) is 2. The molecule has 4 N–H and O–H groups in total. The van der Waals surface area contributed by atoms with Crippen LogP contribution in [-0.2, 0) is 4.57 Å². The van der Waals surface area contributed by atoms with E-state index in [-0.39, 0.29) is 14.4 Å². The van der Waals surface area contributed by atoms with Gasteiger partial charge in [-0.05, 0) is 41.8 Å². The maximum Gasteiger partial charge on any atom is 0.155 e. The third-order valence-electron chi connectivity index (χ3n) is 3.14. The van der Waals surface area contributed by atoms with E-state index in [1.165, 1.54) is 0 Å². The standard InChI is InChI=1S/C15H17N2OP/c16-13-5-1-3-11(9-13)15(7-8-19-18)12-4-2-6-14(17)10-12/h1-6,9-10,15H,7-8,16-17H2. The molecule has 2 aromatic carbocycles. The van der Waals surface area contributed by atoms with Crippen LogP contribution in [0.5, 0.6) is 0 Å². The Kier molecular flexibility index (Phi) is 4.53. The second-order valence-corrected chi connectivity index (χ2v) is 5.24. The highest BCUT2D eigenvalue weighted by Gasteiger charge is 2.14. The van der Waals surface area contributed by atoms with Crippen LogP contribution >= 0.6 is 8.46 Å². The van der Waals surface area contributed by atoms with Gasteiger partial charge in [0.05, 0.1) is 0 Å². The summed E-state index contributed by atoms with van der Waals surface area (Å²) in [5.41, 5.74) is 15.4. The molecule has 2 aromatic rings. The molecule has 0 radical (unpaired) electrons. The first-order valence-electron chi connectivity index (χ1n) is 6.20. The van der Waals surface area contributed by atoms with E-state index < -0.39 is 0 Å². The number of nitrogen functional groups attached to an aromatic ring is 2. The maximum absolute atomic E-state index is 10.8. The summed E-state index contributed by atoms with van der Waals surface area (Å²) in [5.74, 6) is 0.174. The van der Waals surface area contributed by atoms with Gasteiger partial charge in [-0.15, -0.1) is 0 Å². The SMILES string of the molecule is Nc1cccc(C(CCP=O)c2cccc(N)c2)c1. The minimum Gasteiger partial charge on any atom is -0.399 e. The molecule has 4 heteroatoms. The molecule has 0 spiro atoms. The third kappa shape index (κ3) is 3.55. The van der Waals surface area contributed by atoms with Gasteiger partial charge in [0, 0.05) is 23.5 Å². The molecular formula is C15H17N2OP. The number of hydrogen-bond acceptors (Lipinski definition) is 3. The average molecular weight is 272 g/mol. The predicted molar refractivity (Wildman–Crippen MR) is 80.6 cm³/mol. The molecule has 0 aliphatic heterocycles. The highest BCUT2D eigenvalue weighted by Crippen LogP contribution is 2.31. The molecule has 0 aromatic heterocycles. The quantitative estimate of drug-likeness (QED) is 0.644. The summed E-state index contributed by atoms with van der Waals surface area (Å²) >= 11 is 0. The largest absolute Gasteiger partial charge is 0.399 e. The van der Waals surface area contributed by atoms with Crippen LogP contribution in [-0.4, -0.2) is 6.16 Å². The lowest BCUT2D eigenvalue weighted by Crippen LogP contribution is -2.03. The highest BCUT2D eigenvalue weighted by atomic mass is 31.1. The van der Waals surface area contributed by atoms with Gasteiger partial charge in [0.25, 0.3) is 0 Å². The van der Waals surface area contributed by atoms with Gasteiger partial charge in [-0.25, -0.2) is 0 Å². The zero-order valence-electron chi connectivity index (χ0n) is 10.6. The Morgan fingerprint density at radius 1 is 0.947 bits per heavy atom. The fourth-order valence-electron chi connectivity index (χ4n) is 2.26. The third-order valence-corrected chi connectivity index (χ3v) is 3.58. The summed E-state index contributed by atoms with van der Waals surface area (Å²) in [4.78, 5) is 0. The summed E-state index contributed by atoms with van der Waals surface area (Å²) in [6, 6.07) is 15.7. The Labute approximate surface area is 114 Å². The molecule has 0 bridgehead atoms. The summed E-state index contributed by atoms with van der Waals surface area (Å²) in [6.45, 7) is 0. The minimum absolute atomic E-state index is 0.169. The Bertz CT molecular complexity index is 526. The molecule has 0 aliphatic rings. The van der Waals surface area contributed by atoms with Crippen LogP contribution in [0.1, 0.15) is 23.5 Å². The van der Waals surface area contributed by atoms with E-state index in [2.05, 4.69) is 0 Å². The van der Waals surface area contributed by atoms with E-state index in [9.17, 15) is 4.57 Å². The number of anilines is 2. The van der Waals surface area contributed by atoms with Crippen LogP contribution in [0.4, 0.5) is 11.4 Å². The summed E-state index contributed by atoms with van der Waals surface area (Å²) in [5, 5.41) is 0. The molecule has 0 aliphatic carbocycles. The maximum atomic E-state index is 10.8. The first kappa shape index (κ1) is 13.6. The van der Waals surface area contributed by atoms with Crippen LogP contribution in [0.15, 0.2) is 48.5 Å². The Morgan fingerprint density at radius 3 is 1.89 bits per heavy atom. The summed E-state index contributed by atoms with van der Waals surface area (Å²) < 4.78 is 10.8. The van der Waals surface area contributed by atoms with E-state index >= 15 is 0 Å². The van der Waals surface area contributed by atoms with Crippen molar-refractivity contribution in [3.8, 4) is 0 Å². The second kappa shape index (κ2) is 6.35. The molecule has 3 nitrogen and oxygen atoms in total. The molecule has 0 saturated heterocycles. The first-order chi connectivity index (χ1) is 9.20. The molecule has 98 valence electrons. The zero-order chi connectivity index (χ0) is 13.7. The lowest BCUT2D eigenvalue weighted by molar-refractivity contribution is 0.595. The van der Waals surface area contributed by atoms with E-state index in [0.717, 1.165) is 28.9 Å². The molecule has 19 heavy (non-hydrogen) atoms. The van der Waals surface area contributed by atoms with Crippen LogP contribution < -0.4 is 11.5 Å². The van der Waals surface area contributed by atoms with Crippen molar-refractivity contribution in [2.24, 2.45) is 0 Å². The van der Waals surface area contributed by atoms with Crippen LogP contribution in [0, 0.1) is 0 Å². The molecule has 2 rings (SSSR count). The van der Waals surface area contributed by atoms with Crippen molar-refractivity contribution in [1.29, 1.82) is 0 Å². The Hall–Kier alpha value is -1.86. The summed E-state index contributed by atoms with van der Waals surface area (Å²) in [7, 11) is 0.169. The van der Waals surface area contributed by atoms with Crippen LogP contribution in [0.25, 0.3) is 0 Å². The molecule has 0 heterocycles. The fraction of sp³-hybridized carbons (Fsp3) is 0.200. The van der Waals surface area contributed by atoms with E-state index in [1.54, 1.807) is 0 Å². The van der Waals surface area contributed by atoms with Crippen molar-refractivity contribution in [2.45, 2.75) is 12.3 Å². The number of benzene rings is 2. The Morgan fingerprint density at radius 2 is 1.47 bits per heavy atom. The van der Waals surface area contributed by atoms with E-state index in [0.29, 0.717) is 6.16 Å². The molecule has 0 atom stereocenters. The van der Waals surface area contributed by atoms with Gasteiger partial charge in [0.15, 0.2) is 8.46 Å². The van der Waals surface area contributed by atoms with Crippen molar-refractivity contribution in [3.05, 3.63) is 59.7 Å². The normalized spacial score (nSPS) is 11.0. The molecule has 0 unspecified atom stereocenters. The predicted octanol–water partition coefficient (Wildman–Crippen LogP) is 3.66. The van der Waals surface area contributed by atoms with Crippen LogP contribution in [0.2, 0.25) is 0 Å². The van der Waals surface area contributed by atoms with Gasteiger partial charge in [0.2, 0.25) is 0 Å². The van der Waals surface area contributed by atoms with Crippen LogP contribution in [0.3, 0.4) is 0 Å². The monoisotopic (exact) mass is 272 g/mol. The first-order valence-corrected chi connectivity index (χ1v) is 7.20. The lowest BCUT2D eigenvalue weighted by Gasteiger charge is -2.17. The highest BCUT2D eigenvalue weighted by molar-refractivity contribution is 7.23. The Balaban J connectivity index is 2.38. The number of rotatable bonds is 5. The average Bonchev–Trinajstić information content (AvgIpc) is 2.39. The second-order valence-electron chi connectivity index (χ2n) is 4.53. The molecule has 0 amide bonds. The van der Waals surface area contributed by atoms with Crippen molar-refractivity contribution < 1.29 is 4.57 Å². The fourth-order valence-corrected chi connectivity index (χ4v) is 2.62. The minimum atomic E-state index is 0.169. The number of hydrogen-bond donors (Lipinski definition) is 2. The van der Waals surface area contributed by atoms with Crippen molar-refractivity contribution in [2.75, 3.05) is 17.6 Å². The van der Waals surface area contributed by atoms with Gasteiger partial charge in [-0.2, -0.15) is 0 Å². The topological polar surface area (TPSA) is 69.1 Å².